The van der Waals surface area contributed by atoms with Crippen molar-refractivity contribution in [3.8, 4) is 11.1 Å². The molecule has 1 saturated heterocycles. The molecule has 15 heteroatoms. The molecule has 1 fully saturated rings. The van der Waals surface area contributed by atoms with Gasteiger partial charge in [0.25, 0.3) is 0 Å². The topological polar surface area (TPSA) is 165 Å². The number of hydrogen-bond acceptors (Lipinski definition) is 11. The highest BCUT2D eigenvalue weighted by Crippen LogP contribution is 2.44. The lowest BCUT2D eigenvalue weighted by molar-refractivity contribution is -0.121. The van der Waals surface area contributed by atoms with Crippen LogP contribution in [0.5, 0.6) is 0 Å². The van der Waals surface area contributed by atoms with Gasteiger partial charge in [0, 0.05) is 55.5 Å². The molecule has 1 aliphatic heterocycles. The van der Waals surface area contributed by atoms with E-state index in [0.29, 0.717) is 76.1 Å². The Hall–Kier alpha value is -4.31. The summed E-state index contributed by atoms with van der Waals surface area (Å²) in [6, 6.07) is 25.6. The summed E-state index contributed by atoms with van der Waals surface area (Å²) in [6.07, 6.45) is 4.18. The van der Waals surface area contributed by atoms with Crippen LogP contribution in [0, 0.1) is 0 Å². The number of H-pyrrole nitrogens is 1. The van der Waals surface area contributed by atoms with E-state index in [1.54, 1.807) is 35.5 Å². The summed E-state index contributed by atoms with van der Waals surface area (Å²) in [5.41, 5.74) is 17.3. The summed E-state index contributed by atoms with van der Waals surface area (Å²) in [7, 11) is 0. The number of ether oxygens (including phenoxy) is 2. The van der Waals surface area contributed by atoms with Crippen LogP contribution >= 0.6 is 34.9 Å². The molecule has 2 aliphatic rings. The number of nitrogens with two attached hydrogens (primary N) is 2. The molecule has 0 unspecified atom stereocenters. The Balaban J connectivity index is 0.000000199. The van der Waals surface area contributed by atoms with Gasteiger partial charge in [0.1, 0.15) is 24.4 Å². The monoisotopic (exact) mass is 790 g/mol. The number of amides is 2. The van der Waals surface area contributed by atoms with E-state index in [0.717, 1.165) is 16.9 Å². The zero-order valence-corrected chi connectivity index (χ0v) is 32.7. The fourth-order valence-electron chi connectivity index (χ4n) is 6.67. The zero-order valence-electron chi connectivity index (χ0n) is 30.2. The van der Waals surface area contributed by atoms with Gasteiger partial charge in [0.05, 0.1) is 24.1 Å². The van der Waals surface area contributed by atoms with E-state index >= 15 is 0 Å². The van der Waals surface area contributed by atoms with Gasteiger partial charge in [-0.3, -0.25) is 4.79 Å². The maximum absolute atomic E-state index is 12.7. The molecule has 3 aromatic carbocycles. The molecule has 0 radical (unpaired) electrons. The maximum atomic E-state index is 12.7. The van der Waals surface area contributed by atoms with Crippen molar-refractivity contribution < 1.29 is 19.1 Å². The molecule has 7 rings (SSSR count). The van der Waals surface area contributed by atoms with Crippen molar-refractivity contribution in [1.29, 1.82) is 0 Å². The SMILES string of the molecule is CCN(CCOCCN)C(=O)OCC1c2ccccc2-c2ccccc21.NC1(C(=O)Nc2ccc(Cl)cc2)CCN(c2ncnc3[nH]ccc23)CC1.SS. The highest BCUT2D eigenvalue weighted by atomic mass is 35.5. The van der Waals surface area contributed by atoms with Gasteiger partial charge in [0.2, 0.25) is 5.91 Å². The van der Waals surface area contributed by atoms with E-state index in [9.17, 15) is 9.59 Å². The third-order valence-electron chi connectivity index (χ3n) is 9.59. The second-order valence-electron chi connectivity index (χ2n) is 12.8. The zero-order chi connectivity index (χ0) is 38.5. The van der Waals surface area contributed by atoms with Gasteiger partial charge in [-0.2, -0.15) is 0 Å². The molecule has 0 atom stereocenters. The van der Waals surface area contributed by atoms with Crippen molar-refractivity contribution in [2.75, 3.05) is 62.8 Å². The fourth-order valence-corrected chi connectivity index (χ4v) is 6.79. The van der Waals surface area contributed by atoms with Crippen LogP contribution in [0.25, 0.3) is 22.2 Å². The number of piperidine rings is 1. The molecule has 0 saturated carbocycles. The van der Waals surface area contributed by atoms with Crippen molar-refractivity contribution in [1.82, 2.24) is 19.9 Å². The van der Waals surface area contributed by atoms with Gasteiger partial charge in [-0.15, -0.1) is 23.3 Å². The van der Waals surface area contributed by atoms with Crippen molar-refractivity contribution in [2.24, 2.45) is 11.5 Å². The molecule has 2 amide bonds. The second kappa shape index (κ2) is 19.9. The first kappa shape index (κ1) is 40.9. The summed E-state index contributed by atoms with van der Waals surface area (Å²) < 4.78 is 11.0. The number of carbonyl (C=O) groups is 2. The molecule has 0 bridgehead atoms. The van der Waals surface area contributed by atoms with E-state index in [2.05, 4.69) is 72.8 Å². The van der Waals surface area contributed by atoms with E-state index < -0.39 is 5.54 Å². The number of benzene rings is 3. The Morgan fingerprint density at radius 3 is 2.26 bits per heavy atom. The molecule has 2 aromatic heterocycles. The van der Waals surface area contributed by atoms with Gasteiger partial charge in [-0.1, -0.05) is 60.1 Å². The lowest BCUT2D eigenvalue weighted by Crippen LogP contribution is -2.58. The highest BCUT2D eigenvalue weighted by Gasteiger charge is 2.38. The van der Waals surface area contributed by atoms with Crippen LogP contribution in [0.3, 0.4) is 0 Å². The number of carbonyl (C=O) groups excluding carboxylic acids is 2. The lowest BCUT2D eigenvalue weighted by atomic mass is 9.87. The Morgan fingerprint density at radius 2 is 1.63 bits per heavy atom. The quantitative estimate of drug-likeness (QED) is 0.0495. The number of nitrogens with one attached hydrogen (secondary N) is 2. The van der Waals surface area contributed by atoms with Crippen LogP contribution in [-0.4, -0.2) is 89.9 Å². The Morgan fingerprint density at radius 1 is 0.981 bits per heavy atom. The summed E-state index contributed by atoms with van der Waals surface area (Å²) in [5.74, 6) is 0.781. The minimum absolute atomic E-state index is 0.0820. The Bertz CT molecular complexity index is 1930. The van der Waals surface area contributed by atoms with Gasteiger partial charge >= 0.3 is 6.09 Å². The number of halogens is 1. The van der Waals surface area contributed by atoms with Gasteiger partial charge < -0.3 is 41.0 Å². The third-order valence-corrected chi connectivity index (χ3v) is 9.84. The predicted molar refractivity (Wildman–Crippen MR) is 222 cm³/mol. The van der Waals surface area contributed by atoms with Gasteiger partial charge in [-0.05, 0) is 72.4 Å². The number of aromatic nitrogens is 3. The largest absolute Gasteiger partial charge is 0.448 e. The normalized spacial score (nSPS) is 14.1. The molecule has 6 N–H and O–H groups in total. The molecular formula is C39H47ClN8O4S2. The van der Waals surface area contributed by atoms with Crippen LogP contribution in [0.1, 0.15) is 36.8 Å². The molecule has 5 aromatic rings. The van der Waals surface area contributed by atoms with Crippen LogP contribution in [0.15, 0.2) is 91.4 Å². The summed E-state index contributed by atoms with van der Waals surface area (Å²) >= 11 is 12.3. The summed E-state index contributed by atoms with van der Waals surface area (Å²) in [4.78, 5) is 40.6. The molecule has 54 heavy (non-hydrogen) atoms. The van der Waals surface area contributed by atoms with Crippen LogP contribution < -0.4 is 21.7 Å². The predicted octanol–water partition coefficient (Wildman–Crippen LogP) is 6.54. The standard InChI is InChI=1S/C21H26N2O3.C18H19ClN6O.H2S2/c1-2-23(12-14-25-13-11-22)21(24)26-15-20-18-9-5-3-7-16(18)17-8-4-6-10-19(17)20;19-12-1-3-13(4-2-12)24-17(26)18(20)6-9-25(10-7-18)16-14-5-8-21-15(14)22-11-23-16;1-2/h3-10,20H,2,11-15,22H2,1H3;1-5,8,11H,6-7,9-10,20H2,(H,24,26)(H,21,22,23);1-2H. The Kier molecular flexibility index (Phi) is 15.0. The summed E-state index contributed by atoms with van der Waals surface area (Å²) in [6.45, 7) is 6.13. The van der Waals surface area contributed by atoms with E-state index in [1.807, 2.05) is 43.5 Å². The van der Waals surface area contributed by atoms with Crippen molar-refractivity contribution >= 4 is 69.5 Å². The number of likely N-dealkylation sites (N-methyl/N-ethyl adjacent to an activating group) is 1. The first-order chi connectivity index (χ1) is 26.3. The summed E-state index contributed by atoms with van der Waals surface area (Å²) in [5, 5.41) is 4.49. The fraction of sp³-hybridized carbons (Fsp3) is 0.333. The number of fused-ring (bicyclic) bond motifs is 4. The number of rotatable bonds is 11. The number of hydrogen-bond donors (Lipinski definition) is 6. The van der Waals surface area contributed by atoms with E-state index in [-0.39, 0.29) is 17.9 Å². The number of nitrogens with zero attached hydrogens (tertiary/aromatic N) is 4. The third kappa shape index (κ3) is 9.86. The second-order valence-corrected chi connectivity index (χ2v) is 13.3. The molecule has 3 heterocycles. The van der Waals surface area contributed by atoms with Gasteiger partial charge in [0.15, 0.2) is 0 Å². The van der Waals surface area contributed by atoms with E-state index in [1.165, 1.54) is 22.3 Å². The number of thiol groups is 2. The number of anilines is 2. The molecule has 0 spiro atoms. The van der Waals surface area contributed by atoms with E-state index in [4.69, 9.17) is 32.5 Å². The maximum Gasteiger partial charge on any atom is 0.409 e. The highest BCUT2D eigenvalue weighted by molar-refractivity contribution is 8.59. The van der Waals surface area contributed by atoms with Crippen molar-refractivity contribution in [3.63, 3.8) is 0 Å². The minimum atomic E-state index is -0.902. The lowest BCUT2D eigenvalue weighted by Gasteiger charge is -2.38. The van der Waals surface area contributed by atoms with Crippen LogP contribution in [-0.2, 0) is 14.3 Å². The smallest absolute Gasteiger partial charge is 0.409 e. The Labute approximate surface area is 331 Å². The van der Waals surface area contributed by atoms with Crippen molar-refractivity contribution in [2.45, 2.75) is 31.2 Å². The van der Waals surface area contributed by atoms with Crippen LogP contribution in [0.4, 0.5) is 16.3 Å². The van der Waals surface area contributed by atoms with Gasteiger partial charge in [-0.25, -0.2) is 14.8 Å². The van der Waals surface area contributed by atoms with Crippen molar-refractivity contribution in [3.05, 3.63) is 108 Å². The molecule has 286 valence electrons. The van der Waals surface area contributed by atoms with Crippen LogP contribution in [0.2, 0.25) is 5.02 Å². The first-order valence-corrected chi connectivity index (χ1v) is 19.8. The minimum Gasteiger partial charge on any atom is -0.448 e. The first-order valence-electron chi connectivity index (χ1n) is 17.8. The molecule has 12 nitrogen and oxygen atoms in total. The number of aromatic amines is 1. The molecule has 1 aliphatic carbocycles. The average Bonchev–Trinajstić information content (AvgIpc) is 3.82. The molecular weight excluding hydrogens is 744 g/mol. The average molecular weight is 791 g/mol.